The number of fused-ring (bicyclic) bond motifs is 2. The van der Waals surface area contributed by atoms with Crippen molar-refractivity contribution in [3.63, 3.8) is 0 Å². The van der Waals surface area contributed by atoms with Crippen molar-refractivity contribution in [1.82, 2.24) is 0 Å². The molecule has 19 heavy (non-hydrogen) atoms. The maximum Gasteiger partial charge on any atom is 0.193 e. The van der Waals surface area contributed by atoms with Crippen LogP contribution < -0.4 is 0 Å². The molecule has 1 heterocycles. The van der Waals surface area contributed by atoms with Crippen LogP contribution in [0.25, 0.3) is 5.76 Å². The molecule has 2 aliphatic rings. The lowest BCUT2D eigenvalue weighted by Crippen LogP contribution is -2.31. The third-order valence-electron chi connectivity index (χ3n) is 3.74. The highest BCUT2D eigenvalue weighted by molar-refractivity contribution is 6.31. The van der Waals surface area contributed by atoms with Crippen LogP contribution in [0.15, 0.2) is 35.9 Å². The van der Waals surface area contributed by atoms with Crippen LogP contribution in [-0.2, 0) is 4.74 Å². The number of rotatable bonds is 0. The molecule has 3 heteroatoms. The Hall–Kier alpha value is -1.54. The Bertz CT molecular complexity index is 638. The smallest absolute Gasteiger partial charge is 0.193 e. The number of ketones is 1. The Kier molecular flexibility index (Phi) is 2.61. The van der Waals surface area contributed by atoms with E-state index in [4.69, 9.17) is 16.3 Å². The SMILES string of the molecule is C=C1C(=O)c2ccc(Cl)cc2C2=C1CCC(C)(C)O2. The zero-order valence-corrected chi connectivity index (χ0v) is 11.8. The van der Waals surface area contributed by atoms with Crippen LogP contribution in [0.5, 0.6) is 0 Å². The summed E-state index contributed by atoms with van der Waals surface area (Å²) in [6.45, 7) is 8.04. The molecular formula is C16H15ClO2. The number of hydrogen-bond acceptors (Lipinski definition) is 2. The van der Waals surface area contributed by atoms with Gasteiger partial charge >= 0.3 is 0 Å². The van der Waals surface area contributed by atoms with Crippen LogP contribution in [-0.4, -0.2) is 11.4 Å². The van der Waals surface area contributed by atoms with Crippen molar-refractivity contribution in [2.75, 3.05) is 0 Å². The standard InChI is InChI=1S/C16H15ClO2/c1-9-11-6-7-16(2,3)19-15(11)13-8-10(17)4-5-12(13)14(9)18/h4-5,8H,1,6-7H2,2-3H3. The lowest BCUT2D eigenvalue weighted by molar-refractivity contribution is 0.0555. The second-order valence-electron chi connectivity index (χ2n) is 5.67. The molecule has 0 saturated carbocycles. The van der Waals surface area contributed by atoms with Gasteiger partial charge in [-0.3, -0.25) is 4.79 Å². The second-order valence-corrected chi connectivity index (χ2v) is 6.10. The van der Waals surface area contributed by atoms with Gasteiger partial charge in [0.25, 0.3) is 0 Å². The van der Waals surface area contributed by atoms with Crippen molar-refractivity contribution in [3.05, 3.63) is 52.1 Å². The van der Waals surface area contributed by atoms with E-state index in [-0.39, 0.29) is 11.4 Å². The summed E-state index contributed by atoms with van der Waals surface area (Å²) in [6.07, 6.45) is 1.70. The van der Waals surface area contributed by atoms with Crippen LogP contribution in [0, 0.1) is 0 Å². The zero-order valence-electron chi connectivity index (χ0n) is 11.0. The maximum absolute atomic E-state index is 12.3. The van der Waals surface area contributed by atoms with Gasteiger partial charge in [0.05, 0.1) is 0 Å². The molecule has 3 rings (SSSR count). The molecule has 0 unspecified atom stereocenters. The minimum absolute atomic E-state index is 0.0197. The first-order valence-electron chi connectivity index (χ1n) is 6.35. The Morgan fingerprint density at radius 2 is 2.05 bits per heavy atom. The highest BCUT2D eigenvalue weighted by Gasteiger charge is 2.36. The molecular weight excluding hydrogens is 260 g/mol. The van der Waals surface area contributed by atoms with E-state index in [0.717, 1.165) is 29.7 Å². The van der Waals surface area contributed by atoms with Gasteiger partial charge in [-0.25, -0.2) is 0 Å². The number of carbonyl (C=O) groups is 1. The van der Waals surface area contributed by atoms with E-state index in [9.17, 15) is 4.79 Å². The maximum atomic E-state index is 12.3. The number of Topliss-reactive ketones (excluding diaryl/α,β-unsaturated/α-hetero) is 1. The quantitative estimate of drug-likeness (QED) is 0.656. The van der Waals surface area contributed by atoms with Crippen LogP contribution in [0.4, 0.5) is 0 Å². The molecule has 0 aromatic heterocycles. The van der Waals surface area contributed by atoms with Crippen molar-refractivity contribution in [1.29, 1.82) is 0 Å². The summed E-state index contributed by atoms with van der Waals surface area (Å²) in [5.74, 6) is 0.757. The summed E-state index contributed by atoms with van der Waals surface area (Å²) in [4.78, 5) is 12.3. The van der Waals surface area contributed by atoms with Gasteiger partial charge < -0.3 is 4.74 Å². The minimum atomic E-state index is -0.223. The van der Waals surface area contributed by atoms with Crippen molar-refractivity contribution >= 4 is 23.1 Å². The molecule has 0 amide bonds. The molecule has 2 nitrogen and oxygen atoms in total. The van der Waals surface area contributed by atoms with E-state index < -0.39 is 0 Å². The van der Waals surface area contributed by atoms with Gasteiger partial charge in [-0.15, -0.1) is 0 Å². The lowest BCUT2D eigenvalue weighted by Gasteiger charge is -2.37. The first-order chi connectivity index (χ1) is 8.89. The van der Waals surface area contributed by atoms with Crippen LogP contribution in [0.1, 0.15) is 42.6 Å². The summed E-state index contributed by atoms with van der Waals surface area (Å²) in [5, 5.41) is 0.609. The topological polar surface area (TPSA) is 26.3 Å². The molecule has 0 atom stereocenters. The molecule has 0 bridgehead atoms. The summed E-state index contributed by atoms with van der Waals surface area (Å²) in [7, 11) is 0. The van der Waals surface area contributed by atoms with Gasteiger partial charge in [-0.05, 0) is 44.9 Å². The van der Waals surface area contributed by atoms with Crippen LogP contribution in [0.3, 0.4) is 0 Å². The van der Waals surface area contributed by atoms with Crippen molar-refractivity contribution in [2.45, 2.75) is 32.3 Å². The summed E-state index contributed by atoms with van der Waals surface area (Å²) >= 11 is 6.05. The van der Waals surface area contributed by atoms with Gasteiger partial charge in [-0.1, -0.05) is 18.2 Å². The second kappa shape index (κ2) is 3.97. The molecule has 98 valence electrons. The number of hydrogen-bond donors (Lipinski definition) is 0. The summed E-state index contributed by atoms with van der Waals surface area (Å²) in [6, 6.07) is 5.28. The molecule has 0 radical (unpaired) electrons. The van der Waals surface area contributed by atoms with Gasteiger partial charge in [0.2, 0.25) is 0 Å². The molecule has 0 spiro atoms. The third-order valence-corrected chi connectivity index (χ3v) is 3.97. The number of allylic oxidation sites excluding steroid dienone is 2. The number of benzene rings is 1. The first-order valence-corrected chi connectivity index (χ1v) is 6.73. The van der Waals surface area contributed by atoms with E-state index in [1.807, 2.05) is 0 Å². The molecule has 0 fully saturated rings. The zero-order chi connectivity index (χ0) is 13.8. The number of ether oxygens (including phenoxy) is 1. The molecule has 1 aromatic rings. The monoisotopic (exact) mass is 274 g/mol. The average molecular weight is 275 g/mol. The van der Waals surface area contributed by atoms with Crippen LogP contribution in [0.2, 0.25) is 5.02 Å². The van der Waals surface area contributed by atoms with Gasteiger partial charge in [0.1, 0.15) is 11.4 Å². The molecule has 1 aliphatic carbocycles. The number of halogens is 1. The normalized spacial score (nSPS) is 20.8. The molecule has 0 N–H and O–H groups in total. The molecule has 1 aliphatic heterocycles. The van der Waals surface area contributed by atoms with Crippen molar-refractivity contribution in [2.24, 2.45) is 0 Å². The highest BCUT2D eigenvalue weighted by Crippen LogP contribution is 2.44. The predicted octanol–water partition coefficient (Wildman–Crippen LogP) is 4.39. The van der Waals surface area contributed by atoms with Gasteiger partial charge in [-0.2, -0.15) is 0 Å². The summed E-state index contributed by atoms with van der Waals surface area (Å²) in [5.41, 5.74) is 2.69. The van der Waals surface area contributed by atoms with Gasteiger partial charge in [0.15, 0.2) is 5.78 Å². The molecule has 1 aromatic carbocycles. The minimum Gasteiger partial charge on any atom is -0.487 e. The van der Waals surface area contributed by atoms with Crippen molar-refractivity contribution < 1.29 is 9.53 Å². The lowest BCUT2D eigenvalue weighted by atomic mass is 9.81. The van der Waals surface area contributed by atoms with Crippen LogP contribution >= 0.6 is 11.6 Å². The Balaban J connectivity index is 2.25. The van der Waals surface area contributed by atoms with E-state index in [1.54, 1.807) is 18.2 Å². The fourth-order valence-electron chi connectivity index (χ4n) is 2.64. The predicted molar refractivity (Wildman–Crippen MR) is 76.2 cm³/mol. The largest absolute Gasteiger partial charge is 0.487 e. The first kappa shape index (κ1) is 12.5. The highest BCUT2D eigenvalue weighted by atomic mass is 35.5. The Labute approximate surface area is 117 Å². The third kappa shape index (κ3) is 1.91. The van der Waals surface area contributed by atoms with Crippen molar-refractivity contribution in [3.8, 4) is 0 Å². The molecule has 0 saturated heterocycles. The average Bonchev–Trinajstić information content (AvgIpc) is 2.35. The number of carbonyl (C=O) groups excluding carboxylic acids is 1. The fourth-order valence-corrected chi connectivity index (χ4v) is 2.81. The van der Waals surface area contributed by atoms with E-state index in [1.165, 1.54) is 0 Å². The fraction of sp³-hybridized carbons (Fsp3) is 0.312. The van der Waals surface area contributed by atoms with E-state index in [2.05, 4.69) is 20.4 Å². The van der Waals surface area contributed by atoms with E-state index >= 15 is 0 Å². The van der Waals surface area contributed by atoms with E-state index in [0.29, 0.717) is 16.2 Å². The van der Waals surface area contributed by atoms with Gasteiger partial charge in [0, 0.05) is 27.3 Å². The Morgan fingerprint density at radius 3 is 2.79 bits per heavy atom. The summed E-state index contributed by atoms with van der Waals surface area (Å²) < 4.78 is 6.09. The Morgan fingerprint density at radius 1 is 1.32 bits per heavy atom.